The molecule has 150 valence electrons. The number of anilines is 1. The normalized spacial score (nSPS) is 16.4. The number of halogens is 1. The number of benzene rings is 2. The van der Waals surface area contributed by atoms with Crippen LogP contribution in [0, 0.1) is 0 Å². The van der Waals surface area contributed by atoms with Gasteiger partial charge in [0.15, 0.2) is 0 Å². The van der Waals surface area contributed by atoms with Gasteiger partial charge in [-0.3, -0.25) is 9.59 Å². The zero-order valence-corrected chi connectivity index (χ0v) is 16.6. The van der Waals surface area contributed by atoms with E-state index in [4.69, 9.17) is 10.5 Å². The highest BCUT2D eigenvalue weighted by atomic mass is 35.5. The number of carbonyl (C=O) groups excluding carboxylic acids is 2. The van der Waals surface area contributed by atoms with Crippen molar-refractivity contribution < 1.29 is 14.3 Å². The first-order chi connectivity index (χ1) is 13.0. The van der Waals surface area contributed by atoms with Gasteiger partial charge in [-0.1, -0.05) is 30.3 Å². The van der Waals surface area contributed by atoms with Crippen LogP contribution in [0.3, 0.4) is 0 Å². The predicted molar refractivity (Wildman–Crippen MR) is 112 cm³/mol. The van der Waals surface area contributed by atoms with Crippen LogP contribution in [-0.2, 0) is 9.53 Å². The molecule has 2 amide bonds. The minimum Gasteiger partial charge on any atom is -0.381 e. The van der Waals surface area contributed by atoms with Crippen molar-refractivity contribution in [3.63, 3.8) is 0 Å². The molecular weight excluding hydrogens is 378 g/mol. The Bertz CT molecular complexity index is 808. The molecular formula is C21H26ClN3O3. The summed E-state index contributed by atoms with van der Waals surface area (Å²) in [4.78, 5) is 24.9. The number of nitrogens with one attached hydrogen (secondary N) is 2. The van der Waals surface area contributed by atoms with E-state index in [0.717, 1.165) is 5.56 Å². The van der Waals surface area contributed by atoms with Crippen LogP contribution in [0.2, 0.25) is 0 Å². The standard InChI is InChI=1S/C21H25N3O3.ClH/c1-15(23-20(26)21(22)10-12-27-13-11-21)17-8-5-9-18(14-17)24-19(25)16-6-3-2-4-7-16;/h2-9,14-15H,10-13,22H2,1H3,(H,23,26)(H,24,25);1H. The maximum Gasteiger partial charge on any atom is 0.255 e. The molecule has 1 atom stereocenters. The smallest absolute Gasteiger partial charge is 0.255 e. The summed E-state index contributed by atoms with van der Waals surface area (Å²) in [5.41, 5.74) is 7.52. The van der Waals surface area contributed by atoms with Crippen LogP contribution >= 0.6 is 12.4 Å². The van der Waals surface area contributed by atoms with E-state index in [9.17, 15) is 9.59 Å². The number of hydrogen-bond acceptors (Lipinski definition) is 4. The van der Waals surface area contributed by atoms with Crippen LogP contribution in [0.15, 0.2) is 54.6 Å². The second-order valence-electron chi connectivity index (χ2n) is 6.91. The number of amides is 2. The first kappa shape index (κ1) is 21.9. The second-order valence-corrected chi connectivity index (χ2v) is 6.91. The third kappa shape index (κ3) is 5.32. The van der Waals surface area contributed by atoms with Gasteiger partial charge < -0.3 is 21.1 Å². The molecule has 0 aromatic heterocycles. The molecule has 1 fully saturated rings. The number of rotatable bonds is 5. The number of hydrogen-bond donors (Lipinski definition) is 3. The average Bonchev–Trinajstić information content (AvgIpc) is 2.69. The lowest BCUT2D eigenvalue weighted by Gasteiger charge is -2.33. The molecule has 1 saturated heterocycles. The summed E-state index contributed by atoms with van der Waals surface area (Å²) < 4.78 is 5.29. The SMILES string of the molecule is CC(NC(=O)C1(N)CCOCC1)c1cccc(NC(=O)c2ccccc2)c1.Cl. The van der Waals surface area contributed by atoms with Gasteiger partial charge in [-0.25, -0.2) is 0 Å². The molecule has 0 radical (unpaired) electrons. The van der Waals surface area contributed by atoms with E-state index in [-0.39, 0.29) is 30.3 Å². The molecule has 0 saturated carbocycles. The molecule has 0 aliphatic carbocycles. The summed E-state index contributed by atoms with van der Waals surface area (Å²) in [7, 11) is 0. The molecule has 1 unspecified atom stereocenters. The minimum atomic E-state index is -0.883. The first-order valence-corrected chi connectivity index (χ1v) is 9.12. The average molecular weight is 404 g/mol. The van der Waals surface area contributed by atoms with E-state index < -0.39 is 5.54 Å². The van der Waals surface area contributed by atoms with Crippen LogP contribution in [0.4, 0.5) is 5.69 Å². The van der Waals surface area contributed by atoms with E-state index in [1.807, 2.05) is 49.4 Å². The zero-order chi connectivity index (χ0) is 19.3. The zero-order valence-electron chi connectivity index (χ0n) is 15.8. The van der Waals surface area contributed by atoms with Crippen molar-refractivity contribution in [1.82, 2.24) is 5.32 Å². The Morgan fingerprint density at radius 3 is 2.43 bits per heavy atom. The Labute approximate surface area is 171 Å². The molecule has 0 bridgehead atoms. The molecule has 28 heavy (non-hydrogen) atoms. The minimum absolute atomic E-state index is 0. The number of nitrogens with two attached hydrogens (primary N) is 1. The maximum absolute atomic E-state index is 12.6. The van der Waals surface area contributed by atoms with Gasteiger partial charge in [0, 0.05) is 24.5 Å². The van der Waals surface area contributed by atoms with Gasteiger partial charge in [0.25, 0.3) is 5.91 Å². The highest BCUT2D eigenvalue weighted by molar-refractivity contribution is 6.04. The van der Waals surface area contributed by atoms with Crippen molar-refractivity contribution in [1.29, 1.82) is 0 Å². The van der Waals surface area contributed by atoms with Gasteiger partial charge in [-0.2, -0.15) is 0 Å². The molecule has 2 aromatic carbocycles. The number of ether oxygens (including phenoxy) is 1. The van der Waals surface area contributed by atoms with Crippen LogP contribution in [0.1, 0.15) is 41.7 Å². The highest BCUT2D eigenvalue weighted by Crippen LogP contribution is 2.22. The van der Waals surface area contributed by atoms with Crippen molar-refractivity contribution in [2.24, 2.45) is 5.73 Å². The van der Waals surface area contributed by atoms with Crippen molar-refractivity contribution in [2.45, 2.75) is 31.3 Å². The Morgan fingerprint density at radius 2 is 1.75 bits per heavy atom. The van der Waals surface area contributed by atoms with E-state index >= 15 is 0 Å². The van der Waals surface area contributed by atoms with Gasteiger partial charge in [0.1, 0.15) is 0 Å². The summed E-state index contributed by atoms with van der Waals surface area (Å²) in [5, 5.41) is 5.87. The number of carbonyl (C=O) groups is 2. The summed E-state index contributed by atoms with van der Waals surface area (Å²) in [6.07, 6.45) is 1.03. The fourth-order valence-corrected chi connectivity index (χ4v) is 3.06. The van der Waals surface area contributed by atoms with E-state index in [2.05, 4.69) is 10.6 Å². The summed E-state index contributed by atoms with van der Waals surface area (Å²) >= 11 is 0. The van der Waals surface area contributed by atoms with Gasteiger partial charge in [-0.05, 0) is 49.6 Å². The summed E-state index contributed by atoms with van der Waals surface area (Å²) in [6.45, 7) is 2.90. The molecule has 2 aromatic rings. The molecule has 6 nitrogen and oxygen atoms in total. The lowest BCUT2D eigenvalue weighted by atomic mass is 9.90. The van der Waals surface area contributed by atoms with E-state index in [0.29, 0.717) is 37.3 Å². The topological polar surface area (TPSA) is 93.5 Å². The van der Waals surface area contributed by atoms with Crippen molar-refractivity contribution in [3.05, 3.63) is 65.7 Å². The highest BCUT2D eigenvalue weighted by Gasteiger charge is 2.36. The van der Waals surface area contributed by atoms with Gasteiger partial charge in [-0.15, -0.1) is 12.4 Å². The molecule has 3 rings (SSSR count). The van der Waals surface area contributed by atoms with Crippen LogP contribution in [0.25, 0.3) is 0 Å². The molecule has 1 heterocycles. The van der Waals surface area contributed by atoms with Crippen molar-refractivity contribution >= 4 is 29.9 Å². The van der Waals surface area contributed by atoms with Gasteiger partial charge in [0.2, 0.25) is 5.91 Å². The monoisotopic (exact) mass is 403 g/mol. The first-order valence-electron chi connectivity index (χ1n) is 9.12. The summed E-state index contributed by atoms with van der Waals surface area (Å²) in [5.74, 6) is -0.343. The third-order valence-electron chi connectivity index (χ3n) is 4.87. The van der Waals surface area contributed by atoms with Gasteiger partial charge in [0.05, 0.1) is 11.6 Å². The second kappa shape index (κ2) is 9.68. The maximum atomic E-state index is 12.6. The quantitative estimate of drug-likeness (QED) is 0.715. The molecule has 1 aliphatic rings. The Kier molecular flexibility index (Phi) is 7.57. The van der Waals surface area contributed by atoms with Crippen LogP contribution < -0.4 is 16.4 Å². The third-order valence-corrected chi connectivity index (χ3v) is 4.87. The fraction of sp³-hybridized carbons (Fsp3) is 0.333. The molecule has 4 N–H and O–H groups in total. The lowest BCUT2D eigenvalue weighted by Crippen LogP contribution is -2.57. The fourth-order valence-electron chi connectivity index (χ4n) is 3.06. The lowest BCUT2D eigenvalue weighted by molar-refractivity contribution is -0.130. The molecule has 0 spiro atoms. The van der Waals surface area contributed by atoms with Gasteiger partial charge >= 0.3 is 0 Å². The van der Waals surface area contributed by atoms with Crippen LogP contribution in [-0.4, -0.2) is 30.6 Å². The predicted octanol–water partition coefficient (Wildman–Crippen LogP) is 3.05. The van der Waals surface area contributed by atoms with Crippen molar-refractivity contribution in [2.75, 3.05) is 18.5 Å². The molecule has 1 aliphatic heterocycles. The largest absolute Gasteiger partial charge is 0.381 e. The van der Waals surface area contributed by atoms with E-state index in [1.54, 1.807) is 12.1 Å². The van der Waals surface area contributed by atoms with E-state index in [1.165, 1.54) is 0 Å². The van der Waals surface area contributed by atoms with Crippen LogP contribution in [0.5, 0.6) is 0 Å². The Balaban J connectivity index is 0.00000280. The Morgan fingerprint density at radius 1 is 1.07 bits per heavy atom. The van der Waals surface area contributed by atoms with Crippen molar-refractivity contribution in [3.8, 4) is 0 Å². The summed E-state index contributed by atoms with van der Waals surface area (Å²) in [6, 6.07) is 16.2. The molecule has 7 heteroatoms. The Hall–Kier alpha value is -2.41.